The van der Waals surface area contributed by atoms with Crippen molar-refractivity contribution in [3.05, 3.63) is 40.6 Å². The van der Waals surface area contributed by atoms with E-state index in [1.54, 1.807) is 23.5 Å². The normalized spacial score (nSPS) is 10.5. The Balaban J connectivity index is 2.14. The first-order valence-corrected chi connectivity index (χ1v) is 6.51. The van der Waals surface area contributed by atoms with Crippen LogP contribution in [0, 0.1) is 0 Å². The zero-order valence-electron chi connectivity index (χ0n) is 10.2. The minimum absolute atomic E-state index is 0.103. The van der Waals surface area contributed by atoms with Crippen molar-refractivity contribution >= 4 is 17.0 Å². The first-order valence-electron chi connectivity index (χ1n) is 5.57. The number of rotatable bonds is 6. The van der Waals surface area contributed by atoms with Crippen LogP contribution in [0.2, 0.25) is 0 Å². The van der Waals surface area contributed by atoms with E-state index in [9.17, 15) is 8.78 Å². The second-order valence-corrected chi connectivity index (χ2v) is 4.51. The van der Waals surface area contributed by atoms with Crippen LogP contribution in [0.25, 0.3) is 0 Å². The Morgan fingerprint density at radius 3 is 2.79 bits per heavy atom. The Morgan fingerprint density at radius 2 is 2.16 bits per heavy atom. The van der Waals surface area contributed by atoms with Gasteiger partial charge in [0.25, 0.3) is 0 Å². The van der Waals surface area contributed by atoms with Gasteiger partial charge in [-0.2, -0.15) is 20.1 Å². The number of anilines is 1. The molecule has 0 radical (unpaired) electrons. The van der Waals surface area contributed by atoms with Gasteiger partial charge in [-0.1, -0.05) is 0 Å². The van der Waals surface area contributed by atoms with Crippen LogP contribution in [-0.2, 0) is 6.54 Å². The molecule has 0 fully saturated rings. The van der Waals surface area contributed by atoms with Crippen molar-refractivity contribution in [2.75, 3.05) is 12.4 Å². The van der Waals surface area contributed by atoms with Gasteiger partial charge in [0.15, 0.2) is 0 Å². The lowest BCUT2D eigenvalue weighted by Gasteiger charge is -2.13. The summed E-state index contributed by atoms with van der Waals surface area (Å²) in [6, 6.07) is 6.63. The molecule has 0 atom stereocenters. The lowest BCUT2D eigenvalue weighted by atomic mass is 10.2. The molecule has 0 saturated heterocycles. The van der Waals surface area contributed by atoms with Gasteiger partial charge in [-0.05, 0) is 34.5 Å². The van der Waals surface area contributed by atoms with Crippen LogP contribution < -0.4 is 14.8 Å². The maximum atomic E-state index is 12.3. The van der Waals surface area contributed by atoms with Crippen LogP contribution in [0.1, 0.15) is 5.56 Å². The number of alkyl halides is 2. The van der Waals surface area contributed by atoms with Crippen molar-refractivity contribution in [1.29, 1.82) is 0 Å². The number of benzene rings is 1. The summed E-state index contributed by atoms with van der Waals surface area (Å²) >= 11 is 1.58. The zero-order valence-corrected chi connectivity index (χ0v) is 11.0. The molecule has 0 aliphatic carbocycles. The number of halogens is 2. The van der Waals surface area contributed by atoms with Crippen molar-refractivity contribution in [3.8, 4) is 11.5 Å². The van der Waals surface area contributed by atoms with Gasteiger partial charge in [-0.3, -0.25) is 0 Å². The number of ether oxygens (including phenoxy) is 2. The molecule has 19 heavy (non-hydrogen) atoms. The highest BCUT2D eigenvalue weighted by Gasteiger charge is 2.10. The standard InChI is InChI=1S/C13H13F2NO2S/c1-17-10-2-3-12(18-13(14)15)11(6-10)16-7-9-4-5-19-8-9/h2-6,8,13,16H,7H2,1H3. The van der Waals surface area contributed by atoms with Gasteiger partial charge in [-0.15, -0.1) is 0 Å². The fourth-order valence-electron chi connectivity index (χ4n) is 1.56. The molecule has 0 amide bonds. The predicted molar refractivity (Wildman–Crippen MR) is 71.3 cm³/mol. The maximum Gasteiger partial charge on any atom is 0.387 e. The summed E-state index contributed by atoms with van der Waals surface area (Å²) in [7, 11) is 1.52. The van der Waals surface area contributed by atoms with Crippen molar-refractivity contribution in [2.24, 2.45) is 0 Å². The highest BCUT2D eigenvalue weighted by molar-refractivity contribution is 7.07. The second-order valence-electron chi connectivity index (χ2n) is 3.73. The third-order valence-corrected chi connectivity index (χ3v) is 3.20. The fourth-order valence-corrected chi connectivity index (χ4v) is 2.23. The van der Waals surface area contributed by atoms with Crippen LogP contribution in [0.15, 0.2) is 35.0 Å². The third-order valence-electron chi connectivity index (χ3n) is 2.47. The molecule has 1 aromatic carbocycles. The van der Waals surface area contributed by atoms with Crippen molar-refractivity contribution in [2.45, 2.75) is 13.2 Å². The van der Waals surface area contributed by atoms with E-state index in [-0.39, 0.29) is 5.75 Å². The number of hydrogen-bond donors (Lipinski definition) is 1. The molecule has 0 unspecified atom stereocenters. The zero-order chi connectivity index (χ0) is 13.7. The molecule has 0 bridgehead atoms. The van der Waals surface area contributed by atoms with Gasteiger partial charge in [-0.25, -0.2) is 0 Å². The molecule has 2 aromatic rings. The molecule has 6 heteroatoms. The summed E-state index contributed by atoms with van der Waals surface area (Å²) in [5, 5.41) is 7.01. The minimum Gasteiger partial charge on any atom is -0.497 e. The molecular formula is C13H13F2NO2S. The molecule has 1 N–H and O–H groups in total. The van der Waals surface area contributed by atoms with Gasteiger partial charge in [0.2, 0.25) is 0 Å². The molecule has 1 heterocycles. The van der Waals surface area contributed by atoms with Crippen molar-refractivity contribution in [1.82, 2.24) is 0 Å². The SMILES string of the molecule is COc1ccc(OC(F)F)c(NCc2ccsc2)c1. The molecule has 3 nitrogen and oxygen atoms in total. The second kappa shape index (κ2) is 6.38. The molecule has 2 rings (SSSR count). The smallest absolute Gasteiger partial charge is 0.387 e. The highest BCUT2D eigenvalue weighted by atomic mass is 32.1. The Bertz CT molecular complexity index is 517. The van der Waals surface area contributed by atoms with E-state index in [0.717, 1.165) is 5.56 Å². The van der Waals surface area contributed by atoms with Crippen LogP contribution in [0.3, 0.4) is 0 Å². The predicted octanol–water partition coefficient (Wildman–Crippen LogP) is 3.97. The third kappa shape index (κ3) is 3.82. The number of thiophene rings is 1. The van der Waals surface area contributed by atoms with Gasteiger partial charge in [0, 0.05) is 12.6 Å². The van der Waals surface area contributed by atoms with Crippen LogP contribution in [-0.4, -0.2) is 13.7 Å². The largest absolute Gasteiger partial charge is 0.497 e. The minimum atomic E-state index is -2.85. The highest BCUT2D eigenvalue weighted by Crippen LogP contribution is 2.30. The van der Waals surface area contributed by atoms with Crippen molar-refractivity contribution in [3.63, 3.8) is 0 Å². The summed E-state index contributed by atoms with van der Waals surface area (Å²) in [6.07, 6.45) is 0. The molecule has 102 valence electrons. The van der Waals surface area contributed by atoms with E-state index >= 15 is 0 Å². The molecule has 0 saturated carbocycles. The topological polar surface area (TPSA) is 30.5 Å². The Kier molecular flexibility index (Phi) is 4.57. The monoisotopic (exact) mass is 285 g/mol. The van der Waals surface area contributed by atoms with Crippen LogP contribution >= 0.6 is 11.3 Å². The maximum absolute atomic E-state index is 12.3. The molecule has 0 spiro atoms. The molecule has 0 aliphatic rings. The first kappa shape index (κ1) is 13.6. The number of hydrogen-bond acceptors (Lipinski definition) is 4. The van der Waals surface area contributed by atoms with Gasteiger partial charge >= 0.3 is 6.61 Å². The molecular weight excluding hydrogens is 272 g/mol. The number of nitrogens with one attached hydrogen (secondary N) is 1. The van der Waals surface area contributed by atoms with Gasteiger partial charge in [0.1, 0.15) is 11.5 Å². The Hall–Kier alpha value is -1.82. The fraction of sp³-hybridized carbons (Fsp3) is 0.231. The lowest BCUT2D eigenvalue weighted by molar-refractivity contribution is -0.0493. The average molecular weight is 285 g/mol. The lowest BCUT2D eigenvalue weighted by Crippen LogP contribution is -2.06. The Labute approximate surface area is 113 Å². The summed E-state index contributed by atoms with van der Waals surface area (Å²) < 4.78 is 34.2. The van der Waals surface area contributed by atoms with E-state index in [4.69, 9.17) is 4.74 Å². The summed E-state index contributed by atoms with van der Waals surface area (Å²) in [4.78, 5) is 0. The van der Waals surface area contributed by atoms with Crippen molar-refractivity contribution < 1.29 is 18.3 Å². The summed E-state index contributed by atoms with van der Waals surface area (Å²) in [5.41, 5.74) is 1.56. The van der Waals surface area contributed by atoms with Gasteiger partial charge in [0.05, 0.1) is 12.8 Å². The quantitative estimate of drug-likeness (QED) is 0.871. The van der Waals surface area contributed by atoms with E-state index in [0.29, 0.717) is 18.0 Å². The summed E-state index contributed by atoms with van der Waals surface area (Å²) in [6.45, 7) is -2.31. The first-order chi connectivity index (χ1) is 9.19. The van der Waals surface area contributed by atoms with Crippen LogP contribution in [0.4, 0.5) is 14.5 Å². The van der Waals surface area contributed by atoms with E-state index < -0.39 is 6.61 Å². The molecule has 1 aromatic heterocycles. The number of methoxy groups -OCH3 is 1. The van der Waals surface area contributed by atoms with E-state index in [1.165, 1.54) is 13.2 Å². The van der Waals surface area contributed by atoms with Crippen LogP contribution in [0.5, 0.6) is 11.5 Å². The molecule has 0 aliphatic heterocycles. The summed E-state index contributed by atoms with van der Waals surface area (Å²) in [5.74, 6) is 0.681. The Morgan fingerprint density at radius 1 is 1.32 bits per heavy atom. The van der Waals surface area contributed by atoms with Gasteiger partial charge < -0.3 is 14.8 Å². The van der Waals surface area contributed by atoms with E-state index in [2.05, 4.69) is 10.1 Å². The van der Waals surface area contributed by atoms with E-state index in [1.807, 2.05) is 16.8 Å². The average Bonchev–Trinajstić information content (AvgIpc) is 2.90.